The molecular weight excluding hydrogens is 328 g/mol. The number of aromatic nitrogens is 2. The molecule has 128 valence electrons. The number of nitrogens with zero attached hydrogens (tertiary/aromatic N) is 2. The molecule has 1 atom stereocenters. The summed E-state index contributed by atoms with van der Waals surface area (Å²) in [5, 5.41) is 0.562. The van der Waals surface area contributed by atoms with Crippen LogP contribution in [0.3, 0.4) is 0 Å². The van der Waals surface area contributed by atoms with Gasteiger partial charge in [-0.3, -0.25) is 9.36 Å². The largest absolute Gasteiger partial charge is 0.459 e. The van der Waals surface area contributed by atoms with E-state index in [1.54, 1.807) is 11.5 Å². The predicted molar refractivity (Wildman–Crippen MR) is 90.8 cm³/mol. The number of ether oxygens (including phenoxy) is 2. The van der Waals surface area contributed by atoms with E-state index in [4.69, 9.17) is 9.47 Å². The summed E-state index contributed by atoms with van der Waals surface area (Å²) in [5.41, 5.74) is 0.653. The Kier molecular flexibility index (Phi) is 4.14. The highest BCUT2D eigenvalue weighted by molar-refractivity contribution is 7.20. The number of fused-ring (bicyclic) bond motifs is 2. The van der Waals surface area contributed by atoms with E-state index < -0.39 is 0 Å². The molecule has 0 saturated carbocycles. The summed E-state index contributed by atoms with van der Waals surface area (Å²) in [6.45, 7) is 3.52. The maximum Gasteiger partial charge on any atom is 0.348 e. The van der Waals surface area contributed by atoms with Crippen molar-refractivity contribution < 1.29 is 14.3 Å². The van der Waals surface area contributed by atoms with Gasteiger partial charge in [0.15, 0.2) is 0 Å². The maximum atomic E-state index is 12.6. The van der Waals surface area contributed by atoms with E-state index in [-0.39, 0.29) is 24.2 Å². The molecule has 0 unspecified atom stereocenters. The van der Waals surface area contributed by atoms with Crippen LogP contribution < -0.4 is 5.56 Å². The van der Waals surface area contributed by atoms with Gasteiger partial charge in [0.1, 0.15) is 22.1 Å². The third-order valence-corrected chi connectivity index (χ3v) is 5.94. The van der Waals surface area contributed by atoms with Crippen molar-refractivity contribution in [1.29, 1.82) is 0 Å². The van der Waals surface area contributed by atoms with E-state index >= 15 is 0 Å². The van der Waals surface area contributed by atoms with Crippen LogP contribution in [0.5, 0.6) is 0 Å². The molecule has 0 aliphatic carbocycles. The summed E-state index contributed by atoms with van der Waals surface area (Å²) >= 11 is 1.26. The first-order chi connectivity index (χ1) is 11.6. The summed E-state index contributed by atoms with van der Waals surface area (Å²) < 4.78 is 12.7. The maximum absolute atomic E-state index is 12.6. The predicted octanol–water partition coefficient (Wildman–Crippen LogP) is 2.44. The normalized spacial score (nSPS) is 20.3. The summed E-state index contributed by atoms with van der Waals surface area (Å²) in [6.07, 6.45) is 4.87. The standard InChI is InChI=1S/C17H20N2O4S/c1-10-13-15(18-12-6-4-7-19(12)16(13)20)24-14(10)17(21)23-9-11-5-2-3-8-22-11/h11H,2-9H2,1H3/t11-/m1/s1. The number of carbonyl (C=O) groups excluding carboxylic acids is 1. The average molecular weight is 348 g/mol. The molecule has 0 bridgehead atoms. The number of hydrogen-bond donors (Lipinski definition) is 0. The third-order valence-electron chi connectivity index (χ3n) is 4.77. The van der Waals surface area contributed by atoms with Crippen LogP contribution in [0.2, 0.25) is 0 Å². The van der Waals surface area contributed by atoms with E-state index in [9.17, 15) is 9.59 Å². The molecule has 2 aliphatic heterocycles. The van der Waals surface area contributed by atoms with Crippen LogP contribution in [0.15, 0.2) is 4.79 Å². The highest BCUT2D eigenvalue weighted by Gasteiger charge is 2.25. The van der Waals surface area contributed by atoms with Crippen LogP contribution >= 0.6 is 11.3 Å². The molecule has 0 spiro atoms. The fraction of sp³-hybridized carbons (Fsp3) is 0.588. The van der Waals surface area contributed by atoms with Crippen molar-refractivity contribution in [2.75, 3.05) is 13.2 Å². The van der Waals surface area contributed by atoms with Gasteiger partial charge in [-0.15, -0.1) is 11.3 Å². The molecule has 1 saturated heterocycles. The van der Waals surface area contributed by atoms with Gasteiger partial charge < -0.3 is 9.47 Å². The lowest BCUT2D eigenvalue weighted by Crippen LogP contribution is -2.26. The molecule has 0 radical (unpaired) electrons. The Morgan fingerprint density at radius 3 is 3.08 bits per heavy atom. The minimum atomic E-state index is -0.380. The molecule has 0 aromatic carbocycles. The molecule has 2 aromatic heterocycles. The van der Waals surface area contributed by atoms with Crippen molar-refractivity contribution in [2.45, 2.75) is 51.7 Å². The quantitative estimate of drug-likeness (QED) is 0.797. The van der Waals surface area contributed by atoms with Gasteiger partial charge in [-0.25, -0.2) is 9.78 Å². The van der Waals surface area contributed by atoms with Gasteiger partial charge in [-0.05, 0) is 38.2 Å². The first-order valence-corrected chi connectivity index (χ1v) is 9.28. The molecule has 4 rings (SSSR count). The van der Waals surface area contributed by atoms with Crippen LogP contribution in [-0.2, 0) is 22.4 Å². The highest BCUT2D eigenvalue weighted by atomic mass is 32.1. The van der Waals surface area contributed by atoms with Crippen molar-refractivity contribution in [3.05, 3.63) is 26.6 Å². The number of aryl methyl sites for hydroxylation is 2. The number of hydrogen-bond acceptors (Lipinski definition) is 6. The van der Waals surface area contributed by atoms with E-state index in [0.717, 1.165) is 44.5 Å². The number of rotatable bonds is 3. The second-order valence-electron chi connectivity index (χ2n) is 6.41. The molecule has 7 heteroatoms. The van der Waals surface area contributed by atoms with Crippen LogP contribution in [0.25, 0.3) is 10.2 Å². The van der Waals surface area contributed by atoms with Crippen molar-refractivity contribution in [3.63, 3.8) is 0 Å². The second kappa shape index (κ2) is 6.29. The van der Waals surface area contributed by atoms with E-state index in [2.05, 4.69) is 4.98 Å². The molecular formula is C17H20N2O4S. The van der Waals surface area contributed by atoms with Gasteiger partial charge in [0.25, 0.3) is 5.56 Å². The Morgan fingerprint density at radius 1 is 1.42 bits per heavy atom. The van der Waals surface area contributed by atoms with Crippen molar-refractivity contribution in [1.82, 2.24) is 9.55 Å². The highest BCUT2D eigenvalue weighted by Crippen LogP contribution is 2.29. The average Bonchev–Trinajstić information content (AvgIpc) is 3.19. The molecule has 24 heavy (non-hydrogen) atoms. The summed E-state index contributed by atoms with van der Waals surface area (Å²) in [7, 11) is 0. The van der Waals surface area contributed by atoms with Gasteiger partial charge >= 0.3 is 5.97 Å². The van der Waals surface area contributed by atoms with Crippen LogP contribution in [0, 0.1) is 6.92 Å². The molecule has 2 aromatic rings. The van der Waals surface area contributed by atoms with Gasteiger partial charge in [0.05, 0.1) is 11.5 Å². The fourth-order valence-electron chi connectivity index (χ4n) is 3.44. The van der Waals surface area contributed by atoms with Crippen molar-refractivity contribution in [2.24, 2.45) is 0 Å². The molecule has 0 N–H and O–H groups in total. The Bertz CT molecular complexity index is 848. The van der Waals surface area contributed by atoms with Crippen LogP contribution in [0.4, 0.5) is 0 Å². The lowest BCUT2D eigenvalue weighted by atomic mass is 10.1. The Labute approximate surface area is 143 Å². The molecule has 0 amide bonds. The monoisotopic (exact) mass is 348 g/mol. The number of thiophene rings is 1. The SMILES string of the molecule is Cc1c(C(=O)OC[C@H]2CCCCO2)sc2nc3n(c(=O)c12)CCC3. The second-order valence-corrected chi connectivity index (χ2v) is 7.41. The summed E-state index contributed by atoms with van der Waals surface area (Å²) in [6, 6.07) is 0. The zero-order valence-electron chi connectivity index (χ0n) is 13.7. The molecule has 4 heterocycles. The Morgan fingerprint density at radius 2 is 2.29 bits per heavy atom. The lowest BCUT2D eigenvalue weighted by molar-refractivity contribution is -0.0298. The first kappa shape index (κ1) is 15.8. The van der Waals surface area contributed by atoms with Crippen LogP contribution in [-0.4, -0.2) is 34.8 Å². The molecule has 1 fully saturated rings. The Balaban J connectivity index is 1.60. The third kappa shape index (κ3) is 2.65. The topological polar surface area (TPSA) is 70.4 Å². The van der Waals surface area contributed by atoms with Gasteiger partial charge in [-0.2, -0.15) is 0 Å². The van der Waals surface area contributed by atoms with Crippen molar-refractivity contribution >= 4 is 27.5 Å². The van der Waals surface area contributed by atoms with Gasteiger partial charge in [0.2, 0.25) is 0 Å². The van der Waals surface area contributed by atoms with E-state index in [1.165, 1.54) is 11.3 Å². The number of carbonyl (C=O) groups is 1. The molecule has 2 aliphatic rings. The first-order valence-electron chi connectivity index (χ1n) is 8.46. The molecule has 6 nitrogen and oxygen atoms in total. The van der Waals surface area contributed by atoms with E-state index in [0.29, 0.717) is 27.2 Å². The summed E-state index contributed by atoms with van der Waals surface area (Å²) in [5.74, 6) is 0.443. The smallest absolute Gasteiger partial charge is 0.348 e. The summed E-state index contributed by atoms with van der Waals surface area (Å²) in [4.78, 5) is 30.8. The fourth-order valence-corrected chi connectivity index (χ4v) is 4.53. The minimum absolute atomic E-state index is 0.00932. The zero-order chi connectivity index (χ0) is 16.7. The van der Waals surface area contributed by atoms with Crippen LogP contribution in [0.1, 0.15) is 46.7 Å². The number of esters is 1. The Hall–Kier alpha value is -1.73. The van der Waals surface area contributed by atoms with Gasteiger partial charge in [-0.1, -0.05) is 0 Å². The van der Waals surface area contributed by atoms with Gasteiger partial charge in [0, 0.05) is 19.6 Å². The minimum Gasteiger partial charge on any atom is -0.459 e. The zero-order valence-corrected chi connectivity index (χ0v) is 14.5. The van der Waals surface area contributed by atoms with Crippen molar-refractivity contribution in [3.8, 4) is 0 Å². The van der Waals surface area contributed by atoms with E-state index in [1.807, 2.05) is 0 Å². The lowest BCUT2D eigenvalue weighted by Gasteiger charge is -2.21.